The third kappa shape index (κ3) is 2.62. The molecule has 0 aromatic carbocycles. The highest BCUT2D eigenvalue weighted by Gasteiger charge is 2.22. The first-order chi connectivity index (χ1) is 6.70. The summed E-state index contributed by atoms with van der Waals surface area (Å²) in [5.74, 6) is 0. The van der Waals surface area contributed by atoms with E-state index in [1.54, 1.807) is 24.3 Å². The minimum Gasteiger partial charge on any atom is -0.283 e. The maximum absolute atomic E-state index is 8.42. The Bertz CT molecular complexity index is 367. The van der Waals surface area contributed by atoms with Crippen molar-refractivity contribution in [1.82, 2.24) is 5.43 Å². The Balaban J connectivity index is 2.67. The van der Waals surface area contributed by atoms with Crippen LogP contribution in [-0.4, -0.2) is 10.7 Å². The molecule has 5 heteroatoms. The van der Waals surface area contributed by atoms with Crippen LogP contribution in [0.3, 0.4) is 0 Å². The first-order valence-corrected chi connectivity index (χ1v) is 4.26. The minimum atomic E-state index is -0.826. The second kappa shape index (κ2) is 4.45. The van der Waals surface area contributed by atoms with E-state index in [0.717, 1.165) is 0 Å². The number of rotatable bonds is 2. The van der Waals surface area contributed by atoms with Crippen molar-refractivity contribution in [3.8, 4) is 12.1 Å². The lowest BCUT2D eigenvalue weighted by molar-refractivity contribution is 0.565. The Morgan fingerprint density at radius 1 is 1.43 bits per heavy atom. The van der Waals surface area contributed by atoms with Crippen molar-refractivity contribution < 1.29 is 0 Å². The molecule has 1 rings (SSSR count). The van der Waals surface area contributed by atoms with E-state index in [1.807, 2.05) is 12.2 Å². The third-order valence-electron chi connectivity index (χ3n) is 1.59. The lowest BCUT2D eigenvalue weighted by Crippen LogP contribution is -2.34. The fraction of sp³-hybridized carbons (Fsp3) is 0.222. The monoisotopic (exact) mass is 206 g/mol. The lowest BCUT2D eigenvalue weighted by Gasteiger charge is -2.22. The van der Waals surface area contributed by atoms with Crippen molar-refractivity contribution in [2.24, 2.45) is 5.10 Å². The van der Waals surface area contributed by atoms with Crippen molar-refractivity contribution in [3.63, 3.8) is 0 Å². The molecule has 0 aliphatic heterocycles. The number of hydrazone groups is 1. The van der Waals surface area contributed by atoms with Gasteiger partial charge >= 0.3 is 0 Å². The second-order valence-corrected chi connectivity index (χ2v) is 3.32. The molecule has 14 heavy (non-hydrogen) atoms. The van der Waals surface area contributed by atoms with Crippen molar-refractivity contribution in [3.05, 3.63) is 24.3 Å². The molecule has 70 valence electrons. The van der Waals surface area contributed by atoms with Gasteiger partial charge in [-0.1, -0.05) is 29.8 Å². The predicted molar refractivity (Wildman–Crippen MR) is 53.3 cm³/mol. The smallest absolute Gasteiger partial charge is 0.236 e. The van der Waals surface area contributed by atoms with Crippen LogP contribution in [-0.2, 0) is 0 Å². The van der Waals surface area contributed by atoms with Gasteiger partial charge in [0.25, 0.3) is 0 Å². The van der Waals surface area contributed by atoms with E-state index < -0.39 is 5.00 Å². The van der Waals surface area contributed by atoms with E-state index in [2.05, 4.69) is 10.5 Å². The van der Waals surface area contributed by atoms with Crippen LogP contribution in [0.1, 0.15) is 6.42 Å². The summed E-state index contributed by atoms with van der Waals surface area (Å²) in [4.78, 5) is -0.826. The summed E-state index contributed by atoms with van der Waals surface area (Å²) in [5, 5.41) is 20.4. The maximum atomic E-state index is 8.42. The third-order valence-corrected chi connectivity index (χ3v) is 1.95. The molecule has 1 aliphatic rings. The van der Waals surface area contributed by atoms with Crippen molar-refractivity contribution in [1.29, 1.82) is 10.5 Å². The van der Waals surface area contributed by atoms with E-state index in [0.29, 0.717) is 6.42 Å². The average molecular weight is 207 g/mol. The number of halogens is 1. The Hall–Kier alpha value is -1.78. The molecule has 1 aliphatic carbocycles. The first-order valence-electron chi connectivity index (χ1n) is 3.88. The molecule has 1 unspecified atom stereocenters. The molecule has 0 fully saturated rings. The molecule has 0 heterocycles. The van der Waals surface area contributed by atoms with Gasteiger partial charge < -0.3 is 0 Å². The van der Waals surface area contributed by atoms with Gasteiger partial charge in [0.1, 0.15) is 17.1 Å². The second-order valence-electron chi connectivity index (χ2n) is 2.65. The highest BCUT2D eigenvalue weighted by atomic mass is 35.5. The zero-order valence-corrected chi connectivity index (χ0v) is 7.99. The normalized spacial score (nSPS) is 23.4. The molecule has 4 nitrogen and oxygen atoms in total. The van der Waals surface area contributed by atoms with Gasteiger partial charge in [-0.3, -0.25) is 5.43 Å². The van der Waals surface area contributed by atoms with Crippen molar-refractivity contribution in [2.75, 3.05) is 0 Å². The molecular formula is C9H7ClN4. The van der Waals surface area contributed by atoms with Crippen LogP contribution in [0.5, 0.6) is 0 Å². The molecule has 0 amide bonds. The Morgan fingerprint density at radius 2 is 2.14 bits per heavy atom. The molecule has 1 N–H and O–H groups in total. The van der Waals surface area contributed by atoms with E-state index >= 15 is 0 Å². The molecule has 0 saturated heterocycles. The Kier molecular flexibility index (Phi) is 3.28. The van der Waals surface area contributed by atoms with Gasteiger partial charge in [-0.2, -0.15) is 15.6 Å². The van der Waals surface area contributed by atoms with Crippen LogP contribution in [0, 0.1) is 22.7 Å². The summed E-state index contributed by atoms with van der Waals surface area (Å²) in [6, 6.07) is 3.27. The van der Waals surface area contributed by atoms with E-state index in [-0.39, 0.29) is 5.71 Å². The van der Waals surface area contributed by atoms with Crippen LogP contribution >= 0.6 is 11.6 Å². The summed E-state index contributed by atoms with van der Waals surface area (Å²) in [6.07, 6.45) is 7.77. The number of allylic oxidation sites excluding steroid dienone is 2. The summed E-state index contributed by atoms with van der Waals surface area (Å²) in [7, 11) is 0. The van der Waals surface area contributed by atoms with Crippen LogP contribution < -0.4 is 5.43 Å². The minimum absolute atomic E-state index is 0.243. The van der Waals surface area contributed by atoms with Gasteiger partial charge in [-0.25, -0.2) is 0 Å². The number of alkyl halides is 1. The Morgan fingerprint density at radius 3 is 2.64 bits per heavy atom. The zero-order chi connectivity index (χ0) is 10.4. The molecule has 1 atom stereocenters. The standard InChI is InChI=1S/C9H7ClN4/c10-9(4-2-1-3-5-9)14-13-8(6-11)7-12/h1-4,14H,5H2. The Labute approximate surface area is 86.8 Å². The SMILES string of the molecule is N#CC(C#N)=NNC1(Cl)C=CC=CC1. The van der Waals surface area contributed by atoms with Crippen molar-refractivity contribution in [2.45, 2.75) is 11.4 Å². The quantitative estimate of drug-likeness (QED) is 0.322. The number of nitriles is 2. The maximum Gasteiger partial charge on any atom is 0.236 e. The van der Waals surface area contributed by atoms with E-state index in [1.165, 1.54) is 0 Å². The first kappa shape index (κ1) is 10.3. The average Bonchev–Trinajstić information content (AvgIpc) is 2.20. The van der Waals surface area contributed by atoms with Crippen LogP contribution in [0.2, 0.25) is 0 Å². The van der Waals surface area contributed by atoms with Gasteiger partial charge in [0.15, 0.2) is 0 Å². The molecule has 0 radical (unpaired) electrons. The fourth-order valence-corrected chi connectivity index (χ4v) is 1.11. The highest BCUT2D eigenvalue weighted by Crippen LogP contribution is 2.21. The summed E-state index contributed by atoms with van der Waals surface area (Å²) >= 11 is 6.06. The van der Waals surface area contributed by atoms with Crippen LogP contribution in [0.25, 0.3) is 0 Å². The fourth-order valence-electron chi connectivity index (χ4n) is 0.901. The summed E-state index contributed by atoms with van der Waals surface area (Å²) in [5.41, 5.74) is 2.33. The van der Waals surface area contributed by atoms with Crippen LogP contribution in [0.4, 0.5) is 0 Å². The van der Waals surface area contributed by atoms with Gasteiger partial charge in [-0.05, 0) is 6.08 Å². The van der Waals surface area contributed by atoms with Crippen LogP contribution in [0.15, 0.2) is 29.4 Å². The van der Waals surface area contributed by atoms with E-state index in [4.69, 9.17) is 22.1 Å². The predicted octanol–water partition coefficient (Wildman–Crippen LogP) is 1.43. The summed E-state index contributed by atoms with van der Waals surface area (Å²) in [6.45, 7) is 0. The van der Waals surface area contributed by atoms with Gasteiger partial charge in [0, 0.05) is 6.42 Å². The van der Waals surface area contributed by atoms with Gasteiger partial charge in [0.05, 0.1) is 0 Å². The lowest BCUT2D eigenvalue weighted by atomic mass is 10.1. The number of nitrogens with one attached hydrogen (secondary N) is 1. The number of hydrogen-bond donors (Lipinski definition) is 1. The number of nitrogens with zero attached hydrogens (tertiary/aromatic N) is 3. The molecular weight excluding hydrogens is 200 g/mol. The van der Waals surface area contributed by atoms with E-state index in [9.17, 15) is 0 Å². The van der Waals surface area contributed by atoms with Gasteiger partial charge in [-0.15, -0.1) is 0 Å². The summed E-state index contributed by atoms with van der Waals surface area (Å²) < 4.78 is 0. The molecule has 0 aromatic rings. The highest BCUT2D eigenvalue weighted by molar-refractivity contribution is 6.25. The number of hydrogen-bond acceptors (Lipinski definition) is 4. The largest absolute Gasteiger partial charge is 0.283 e. The molecule has 0 saturated carbocycles. The molecule has 0 bridgehead atoms. The molecule has 0 aromatic heterocycles. The van der Waals surface area contributed by atoms with Gasteiger partial charge in [0.2, 0.25) is 5.71 Å². The molecule has 0 spiro atoms. The zero-order valence-electron chi connectivity index (χ0n) is 7.24. The van der Waals surface area contributed by atoms with Crippen molar-refractivity contribution >= 4 is 17.3 Å². The topological polar surface area (TPSA) is 72.0 Å².